The van der Waals surface area contributed by atoms with Crippen LogP contribution in [0.3, 0.4) is 0 Å². The molecule has 38 heavy (non-hydrogen) atoms. The number of pyridine rings is 1. The SMILES string of the molecule is FC(F)(F)c1cccc(CNc2nc(Nc3nccc4ccccc34)nc3c2ncn3-c2ccccc2)c1. The number of imidazole rings is 1. The number of alkyl halides is 3. The van der Waals surface area contributed by atoms with Gasteiger partial charge in [-0.2, -0.15) is 23.1 Å². The van der Waals surface area contributed by atoms with Crippen LogP contribution in [-0.4, -0.2) is 24.5 Å². The minimum atomic E-state index is -4.42. The molecule has 6 aromatic rings. The predicted octanol–water partition coefficient (Wildman–Crippen LogP) is 6.74. The monoisotopic (exact) mass is 511 g/mol. The molecule has 0 fully saturated rings. The zero-order valence-corrected chi connectivity index (χ0v) is 19.8. The first-order chi connectivity index (χ1) is 18.5. The average Bonchev–Trinajstić information content (AvgIpc) is 3.36. The Balaban J connectivity index is 1.41. The highest BCUT2D eigenvalue weighted by molar-refractivity contribution is 5.93. The van der Waals surface area contributed by atoms with Crippen LogP contribution in [0.25, 0.3) is 27.6 Å². The second-order valence-electron chi connectivity index (χ2n) is 8.58. The average molecular weight is 512 g/mol. The Morgan fingerprint density at radius 2 is 1.61 bits per heavy atom. The van der Waals surface area contributed by atoms with E-state index in [1.54, 1.807) is 18.6 Å². The maximum absolute atomic E-state index is 13.2. The van der Waals surface area contributed by atoms with Crippen LogP contribution < -0.4 is 10.6 Å². The van der Waals surface area contributed by atoms with E-state index in [-0.39, 0.29) is 12.5 Å². The molecular formula is C28H20F3N7. The number of rotatable bonds is 6. The molecule has 3 heterocycles. The van der Waals surface area contributed by atoms with Crippen LogP contribution in [0.4, 0.5) is 30.8 Å². The third-order valence-corrected chi connectivity index (χ3v) is 6.05. The summed E-state index contributed by atoms with van der Waals surface area (Å²) < 4.78 is 41.4. The van der Waals surface area contributed by atoms with Crippen molar-refractivity contribution in [3.05, 3.63) is 109 Å². The number of halogens is 3. The van der Waals surface area contributed by atoms with E-state index in [4.69, 9.17) is 4.98 Å². The van der Waals surface area contributed by atoms with Gasteiger partial charge in [-0.15, -0.1) is 0 Å². The maximum Gasteiger partial charge on any atom is 0.416 e. The first-order valence-corrected chi connectivity index (χ1v) is 11.8. The second kappa shape index (κ2) is 9.47. The number of fused-ring (bicyclic) bond motifs is 2. The van der Waals surface area contributed by atoms with Crippen molar-refractivity contribution >= 4 is 39.5 Å². The van der Waals surface area contributed by atoms with Gasteiger partial charge in [0.15, 0.2) is 17.0 Å². The molecule has 0 aliphatic carbocycles. The Labute approximate surface area is 215 Å². The van der Waals surface area contributed by atoms with Gasteiger partial charge in [0.1, 0.15) is 12.1 Å². The highest BCUT2D eigenvalue weighted by atomic mass is 19.4. The molecule has 0 aliphatic rings. The third kappa shape index (κ3) is 4.59. The molecule has 7 nitrogen and oxygen atoms in total. The largest absolute Gasteiger partial charge is 0.416 e. The second-order valence-corrected chi connectivity index (χ2v) is 8.58. The molecule has 2 N–H and O–H groups in total. The zero-order chi connectivity index (χ0) is 26.1. The lowest BCUT2D eigenvalue weighted by molar-refractivity contribution is -0.137. The number of anilines is 3. The minimum absolute atomic E-state index is 0.111. The van der Waals surface area contributed by atoms with Gasteiger partial charge in [-0.25, -0.2) is 9.97 Å². The molecule has 3 aromatic carbocycles. The molecular weight excluding hydrogens is 491 g/mol. The molecule has 6 rings (SSSR count). The number of aromatic nitrogens is 5. The normalized spacial score (nSPS) is 11.7. The van der Waals surface area contributed by atoms with Gasteiger partial charge in [-0.3, -0.25) is 4.57 Å². The number of hydrogen-bond donors (Lipinski definition) is 2. The summed E-state index contributed by atoms with van der Waals surface area (Å²) in [6, 6.07) is 24.5. The Kier molecular flexibility index (Phi) is 5.83. The van der Waals surface area contributed by atoms with Crippen molar-refractivity contribution in [2.75, 3.05) is 10.6 Å². The fraction of sp³-hybridized carbons (Fsp3) is 0.0714. The van der Waals surface area contributed by atoms with E-state index in [1.807, 2.05) is 65.2 Å². The summed E-state index contributed by atoms with van der Waals surface area (Å²) in [4.78, 5) is 18.3. The molecule has 0 saturated heterocycles. The van der Waals surface area contributed by atoms with Crippen LogP contribution in [0.5, 0.6) is 0 Å². The van der Waals surface area contributed by atoms with Gasteiger partial charge < -0.3 is 10.6 Å². The summed E-state index contributed by atoms with van der Waals surface area (Å²) in [6.07, 6.45) is -1.08. The number of hydrogen-bond acceptors (Lipinski definition) is 6. The summed E-state index contributed by atoms with van der Waals surface area (Å²) in [5, 5.41) is 8.27. The van der Waals surface area contributed by atoms with E-state index < -0.39 is 11.7 Å². The fourth-order valence-electron chi connectivity index (χ4n) is 4.23. The van der Waals surface area contributed by atoms with Crippen LogP contribution >= 0.6 is 0 Å². The molecule has 0 amide bonds. The Morgan fingerprint density at radius 3 is 2.45 bits per heavy atom. The Hall–Kier alpha value is -4.99. The molecule has 0 saturated carbocycles. The Morgan fingerprint density at radius 1 is 0.789 bits per heavy atom. The van der Waals surface area contributed by atoms with Gasteiger partial charge in [0.2, 0.25) is 5.95 Å². The molecule has 0 radical (unpaired) electrons. The molecule has 3 aromatic heterocycles. The van der Waals surface area contributed by atoms with E-state index >= 15 is 0 Å². The van der Waals surface area contributed by atoms with Gasteiger partial charge >= 0.3 is 6.18 Å². The van der Waals surface area contributed by atoms with Crippen LogP contribution in [0.2, 0.25) is 0 Å². The smallest absolute Gasteiger partial charge is 0.364 e. The quantitative estimate of drug-likeness (QED) is 0.258. The molecule has 0 aliphatic heterocycles. The standard InChI is InChI=1S/C28H20F3N7/c29-28(30,31)20-9-6-7-18(15-20)16-33-25-23-26(38(17-34-23)21-10-2-1-3-11-21)37-27(36-25)35-24-22-12-5-4-8-19(22)13-14-32-24/h1-15,17H,16H2,(H2,32,33,35,36,37). The van der Waals surface area contributed by atoms with E-state index in [0.29, 0.717) is 28.4 Å². The van der Waals surface area contributed by atoms with Crippen LogP contribution in [-0.2, 0) is 12.7 Å². The van der Waals surface area contributed by atoms with Crippen molar-refractivity contribution in [1.29, 1.82) is 0 Å². The van der Waals surface area contributed by atoms with Crippen molar-refractivity contribution < 1.29 is 13.2 Å². The first kappa shape index (κ1) is 23.4. The molecule has 0 spiro atoms. The lowest BCUT2D eigenvalue weighted by Crippen LogP contribution is -2.09. The van der Waals surface area contributed by atoms with Crippen LogP contribution in [0, 0.1) is 0 Å². The Bertz CT molecular complexity index is 1740. The summed E-state index contributed by atoms with van der Waals surface area (Å²) >= 11 is 0. The highest BCUT2D eigenvalue weighted by Crippen LogP contribution is 2.31. The maximum atomic E-state index is 13.2. The van der Waals surface area contributed by atoms with Crippen molar-refractivity contribution in [1.82, 2.24) is 24.5 Å². The van der Waals surface area contributed by atoms with Gasteiger partial charge in [-0.05, 0) is 41.3 Å². The van der Waals surface area contributed by atoms with Crippen molar-refractivity contribution in [3.8, 4) is 5.69 Å². The molecule has 0 atom stereocenters. The number of benzene rings is 3. The van der Waals surface area contributed by atoms with Gasteiger partial charge in [0.05, 0.1) is 5.56 Å². The van der Waals surface area contributed by atoms with Crippen LogP contribution in [0.1, 0.15) is 11.1 Å². The number of nitrogens with one attached hydrogen (secondary N) is 2. The molecule has 10 heteroatoms. The van der Waals surface area contributed by atoms with Crippen molar-refractivity contribution in [3.63, 3.8) is 0 Å². The van der Waals surface area contributed by atoms with E-state index in [2.05, 4.69) is 25.6 Å². The van der Waals surface area contributed by atoms with Gasteiger partial charge in [-0.1, -0.05) is 54.6 Å². The summed E-state index contributed by atoms with van der Waals surface area (Å²) in [6.45, 7) is 0.111. The topological polar surface area (TPSA) is 80.6 Å². The first-order valence-electron chi connectivity index (χ1n) is 11.8. The molecule has 0 bridgehead atoms. The van der Waals surface area contributed by atoms with E-state index in [0.717, 1.165) is 28.6 Å². The summed E-state index contributed by atoms with van der Waals surface area (Å²) in [7, 11) is 0. The minimum Gasteiger partial charge on any atom is -0.364 e. The molecule has 0 unspecified atom stereocenters. The fourth-order valence-corrected chi connectivity index (χ4v) is 4.23. The number of para-hydroxylation sites is 1. The van der Waals surface area contributed by atoms with E-state index in [1.165, 1.54) is 6.07 Å². The van der Waals surface area contributed by atoms with Crippen molar-refractivity contribution in [2.24, 2.45) is 0 Å². The third-order valence-electron chi connectivity index (χ3n) is 6.05. The lowest BCUT2D eigenvalue weighted by atomic mass is 10.1. The van der Waals surface area contributed by atoms with Crippen LogP contribution in [0.15, 0.2) is 97.5 Å². The summed E-state index contributed by atoms with van der Waals surface area (Å²) in [5.41, 5.74) is 1.62. The van der Waals surface area contributed by atoms with Gasteiger partial charge in [0, 0.05) is 23.8 Å². The number of nitrogens with zero attached hydrogens (tertiary/aromatic N) is 5. The lowest BCUT2D eigenvalue weighted by Gasteiger charge is -2.13. The summed E-state index contributed by atoms with van der Waals surface area (Å²) in [5.74, 6) is 1.23. The van der Waals surface area contributed by atoms with Crippen molar-refractivity contribution in [2.45, 2.75) is 12.7 Å². The van der Waals surface area contributed by atoms with Gasteiger partial charge in [0.25, 0.3) is 0 Å². The highest BCUT2D eigenvalue weighted by Gasteiger charge is 2.30. The predicted molar refractivity (Wildman–Crippen MR) is 140 cm³/mol. The van der Waals surface area contributed by atoms with E-state index in [9.17, 15) is 13.2 Å². The zero-order valence-electron chi connectivity index (χ0n) is 19.8. The molecule has 188 valence electrons.